The van der Waals surface area contributed by atoms with Gasteiger partial charge in [-0.05, 0) is 32.9 Å². The minimum atomic E-state index is -0.580. The van der Waals surface area contributed by atoms with Gasteiger partial charge in [0.2, 0.25) is 0 Å². The van der Waals surface area contributed by atoms with E-state index in [2.05, 4.69) is 16.3 Å². The molecule has 112 valence electrons. The fraction of sp³-hybridized carbons (Fsp3) is 0.500. The molecular formula is C16H21N3O2. The lowest BCUT2D eigenvalue weighted by molar-refractivity contribution is -0.142. The Morgan fingerprint density at radius 1 is 1.33 bits per heavy atom. The van der Waals surface area contributed by atoms with E-state index in [0.717, 1.165) is 31.9 Å². The van der Waals surface area contributed by atoms with Crippen molar-refractivity contribution < 1.29 is 9.53 Å². The summed E-state index contributed by atoms with van der Waals surface area (Å²) in [6.45, 7) is 8.94. The van der Waals surface area contributed by atoms with Gasteiger partial charge in [-0.3, -0.25) is 4.79 Å². The fourth-order valence-electron chi connectivity index (χ4n) is 2.09. The maximum atomic E-state index is 12.1. The number of nitrogens with zero attached hydrogens (tertiary/aromatic N) is 2. The first kappa shape index (κ1) is 15.3. The van der Waals surface area contributed by atoms with Crippen LogP contribution in [0.3, 0.4) is 0 Å². The Balaban J connectivity index is 2.32. The summed E-state index contributed by atoms with van der Waals surface area (Å²) in [6.07, 6.45) is 0. The number of hydrogen-bond donors (Lipinski definition) is 1. The van der Waals surface area contributed by atoms with Gasteiger partial charge in [0.05, 0.1) is 22.7 Å². The normalized spacial score (nSPS) is 15.4. The average Bonchev–Trinajstić information content (AvgIpc) is 2.47. The zero-order chi connectivity index (χ0) is 15.5. The standard InChI is InChI=1S/C16H21N3O2/c1-16(2,3)15(20)21-14-10-12(11-17)4-5-13(14)19-8-6-18-7-9-19/h4-5,10,18H,6-9H2,1-3H3. The van der Waals surface area contributed by atoms with Crippen LogP contribution < -0.4 is 15.0 Å². The number of carbonyl (C=O) groups excluding carboxylic acids is 1. The van der Waals surface area contributed by atoms with E-state index in [1.54, 1.807) is 12.1 Å². The van der Waals surface area contributed by atoms with Crippen molar-refractivity contribution in [1.29, 1.82) is 5.26 Å². The van der Waals surface area contributed by atoms with Crippen LogP contribution >= 0.6 is 0 Å². The molecular weight excluding hydrogens is 266 g/mol. The molecule has 0 unspecified atom stereocenters. The molecule has 1 heterocycles. The Kier molecular flexibility index (Phi) is 4.49. The second-order valence-electron chi connectivity index (χ2n) is 6.17. The molecule has 2 rings (SSSR count). The highest BCUT2D eigenvalue weighted by Gasteiger charge is 2.26. The molecule has 0 aliphatic carbocycles. The van der Waals surface area contributed by atoms with Gasteiger partial charge in [0.25, 0.3) is 0 Å². The van der Waals surface area contributed by atoms with Crippen molar-refractivity contribution >= 4 is 11.7 Å². The van der Waals surface area contributed by atoms with Gasteiger partial charge in [-0.25, -0.2) is 0 Å². The number of esters is 1. The van der Waals surface area contributed by atoms with Gasteiger partial charge in [0.15, 0.2) is 5.75 Å². The second kappa shape index (κ2) is 6.15. The monoisotopic (exact) mass is 287 g/mol. The van der Waals surface area contributed by atoms with Crippen molar-refractivity contribution in [2.75, 3.05) is 31.1 Å². The summed E-state index contributed by atoms with van der Waals surface area (Å²) in [5, 5.41) is 12.3. The quantitative estimate of drug-likeness (QED) is 0.665. The molecule has 5 heteroatoms. The van der Waals surface area contributed by atoms with E-state index in [4.69, 9.17) is 10.00 Å². The van der Waals surface area contributed by atoms with Crippen LogP contribution in [0, 0.1) is 16.7 Å². The summed E-state index contributed by atoms with van der Waals surface area (Å²) in [6, 6.07) is 7.34. The van der Waals surface area contributed by atoms with Gasteiger partial charge in [0, 0.05) is 32.2 Å². The number of hydrogen-bond acceptors (Lipinski definition) is 5. The number of piperazine rings is 1. The Hall–Kier alpha value is -2.06. The smallest absolute Gasteiger partial charge is 0.316 e. The molecule has 1 fully saturated rings. The summed E-state index contributed by atoms with van der Waals surface area (Å²) in [4.78, 5) is 14.3. The molecule has 0 radical (unpaired) electrons. The van der Waals surface area contributed by atoms with Gasteiger partial charge >= 0.3 is 5.97 Å². The molecule has 1 saturated heterocycles. The van der Waals surface area contributed by atoms with Crippen LogP contribution in [0.15, 0.2) is 18.2 Å². The Morgan fingerprint density at radius 2 is 2.00 bits per heavy atom. The van der Waals surface area contributed by atoms with E-state index in [0.29, 0.717) is 11.3 Å². The third-order valence-electron chi connectivity index (χ3n) is 3.36. The molecule has 21 heavy (non-hydrogen) atoms. The maximum Gasteiger partial charge on any atom is 0.316 e. The van der Waals surface area contributed by atoms with Crippen LogP contribution in [0.25, 0.3) is 0 Å². The van der Waals surface area contributed by atoms with Crippen molar-refractivity contribution in [2.24, 2.45) is 5.41 Å². The third-order valence-corrected chi connectivity index (χ3v) is 3.36. The SMILES string of the molecule is CC(C)(C)C(=O)Oc1cc(C#N)ccc1N1CCNCC1. The van der Waals surface area contributed by atoms with Gasteiger partial charge in [0.1, 0.15) is 0 Å². The van der Waals surface area contributed by atoms with Crippen molar-refractivity contribution in [1.82, 2.24) is 5.32 Å². The zero-order valence-electron chi connectivity index (χ0n) is 12.8. The highest BCUT2D eigenvalue weighted by Crippen LogP contribution is 2.31. The summed E-state index contributed by atoms with van der Waals surface area (Å²) in [5.74, 6) is 0.171. The first-order chi connectivity index (χ1) is 9.91. The summed E-state index contributed by atoms with van der Waals surface area (Å²) >= 11 is 0. The summed E-state index contributed by atoms with van der Waals surface area (Å²) < 4.78 is 5.55. The molecule has 0 aromatic heterocycles. The molecule has 1 aromatic carbocycles. The summed E-state index contributed by atoms with van der Waals surface area (Å²) in [5.41, 5.74) is 0.780. The second-order valence-corrected chi connectivity index (χ2v) is 6.17. The first-order valence-corrected chi connectivity index (χ1v) is 7.14. The number of rotatable bonds is 2. The lowest BCUT2D eigenvalue weighted by atomic mass is 9.97. The van der Waals surface area contributed by atoms with Gasteiger partial charge in [-0.1, -0.05) is 0 Å². The zero-order valence-corrected chi connectivity index (χ0v) is 12.8. The molecule has 0 saturated carbocycles. The van der Waals surface area contributed by atoms with Crippen LogP contribution in [-0.4, -0.2) is 32.1 Å². The maximum absolute atomic E-state index is 12.1. The van der Waals surface area contributed by atoms with E-state index in [1.807, 2.05) is 26.8 Å². The van der Waals surface area contributed by atoms with Crippen LogP contribution in [-0.2, 0) is 4.79 Å². The Bertz CT molecular complexity index is 564. The molecule has 1 aliphatic heterocycles. The van der Waals surface area contributed by atoms with Gasteiger partial charge < -0.3 is 15.0 Å². The minimum absolute atomic E-state index is 0.297. The van der Waals surface area contributed by atoms with Gasteiger partial charge in [-0.15, -0.1) is 0 Å². The highest BCUT2D eigenvalue weighted by molar-refractivity contribution is 5.80. The molecule has 1 aromatic rings. The molecule has 0 bridgehead atoms. The fourth-order valence-corrected chi connectivity index (χ4v) is 2.09. The van der Waals surface area contributed by atoms with Crippen molar-refractivity contribution in [3.8, 4) is 11.8 Å². The summed E-state index contributed by atoms with van der Waals surface area (Å²) in [7, 11) is 0. The molecule has 0 amide bonds. The van der Waals surface area contributed by atoms with E-state index in [-0.39, 0.29) is 5.97 Å². The van der Waals surface area contributed by atoms with Crippen molar-refractivity contribution in [2.45, 2.75) is 20.8 Å². The molecule has 0 spiro atoms. The van der Waals surface area contributed by atoms with Crippen LogP contribution in [0.2, 0.25) is 0 Å². The number of nitrogens with one attached hydrogen (secondary N) is 1. The number of ether oxygens (including phenoxy) is 1. The van der Waals surface area contributed by atoms with Crippen molar-refractivity contribution in [3.63, 3.8) is 0 Å². The first-order valence-electron chi connectivity index (χ1n) is 7.14. The molecule has 1 N–H and O–H groups in total. The van der Waals surface area contributed by atoms with E-state index >= 15 is 0 Å². The third kappa shape index (κ3) is 3.73. The highest BCUT2D eigenvalue weighted by atomic mass is 16.5. The largest absolute Gasteiger partial charge is 0.424 e. The van der Waals surface area contributed by atoms with Crippen LogP contribution in [0.4, 0.5) is 5.69 Å². The molecule has 5 nitrogen and oxygen atoms in total. The lowest BCUT2D eigenvalue weighted by Crippen LogP contribution is -2.43. The van der Waals surface area contributed by atoms with Gasteiger partial charge in [-0.2, -0.15) is 5.26 Å². The molecule has 1 aliphatic rings. The Labute approximate surface area is 125 Å². The van der Waals surface area contributed by atoms with Crippen LogP contribution in [0.5, 0.6) is 5.75 Å². The number of nitriles is 1. The minimum Gasteiger partial charge on any atom is -0.424 e. The van der Waals surface area contributed by atoms with E-state index < -0.39 is 5.41 Å². The number of benzene rings is 1. The average molecular weight is 287 g/mol. The number of carbonyl (C=O) groups is 1. The topological polar surface area (TPSA) is 65.4 Å². The van der Waals surface area contributed by atoms with E-state index in [1.165, 1.54) is 0 Å². The van der Waals surface area contributed by atoms with Crippen LogP contribution in [0.1, 0.15) is 26.3 Å². The lowest BCUT2D eigenvalue weighted by Gasteiger charge is -2.31. The van der Waals surface area contributed by atoms with E-state index in [9.17, 15) is 4.79 Å². The van der Waals surface area contributed by atoms with Crippen molar-refractivity contribution in [3.05, 3.63) is 23.8 Å². The number of anilines is 1. The molecule has 0 atom stereocenters. The Morgan fingerprint density at radius 3 is 2.57 bits per heavy atom. The predicted octanol–water partition coefficient (Wildman–Crippen LogP) is 1.92. The predicted molar refractivity (Wildman–Crippen MR) is 81.3 cm³/mol.